The van der Waals surface area contributed by atoms with Crippen molar-refractivity contribution in [2.75, 3.05) is 13.2 Å². The first-order valence-corrected chi connectivity index (χ1v) is 7.83. The van der Waals surface area contributed by atoms with Crippen LogP contribution in [0.3, 0.4) is 0 Å². The van der Waals surface area contributed by atoms with Crippen molar-refractivity contribution >= 4 is 11.9 Å². The van der Waals surface area contributed by atoms with E-state index in [0.717, 1.165) is 12.0 Å². The van der Waals surface area contributed by atoms with Crippen LogP contribution in [0.4, 0.5) is 0 Å². The second-order valence-corrected chi connectivity index (χ2v) is 5.78. The van der Waals surface area contributed by atoms with E-state index in [0.29, 0.717) is 24.6 Å². The Morgan fingerprint density at radius 3 is 2.50 bits per heavy atom. The standard InChI is InChI=1S/C17H23NO4/c19-16(11-14-3-1-2-4-14)18-10-9-13-5-7-15(8-6-13)22-12-17(20)21/h5-8,14H,1-4,9-12H2,(H,18,19)(H,20,21). The fraction of sp³-hybridized carbons (Fsp3) is 0.529. The van der Waals surface area contributed by atoms with E-state index in [4.69, 9.17) is 9.84 Å². The van der Waals surface area contributed by atoms with Crippen molar-refractivity contribution in [1.29, 1.82) is 0 Å². The van der Waals surface area contributed by atoms with Crippen LogP contribution in [0.5, 0.6) is 5.75 Å². The van der Waals surface area contributed by atoms with Crippen molar-refractivity contribution < 1.29 is 19.4 Å². The Balaban J connectivity index is 1.65. The van der Waals surface area contributed by atoms with Crippen molar-refractivity contribution in [3.8, 4) is 5.75 Å². The maximum absolute atomic E-state index is 11.8. The number of aliphatic carboxylic acids is 1. The van der Waals surface area contributed by atoms with Gasteiger partial charge in [-0.3, -0.25) is 4.79 Å². The van der Waals surface area contributed by atoms with Gasteiger partial charge in [0.2, 0.25) is 5.91 Å². The number of hydrogen-bond donors (Lipinski definition) is 2. The van der Waals surface area contributed by atoms with Gasteiger partial charge in [0.1, 0.15) is 5.75 Å². The van der Waals surface area contributed by atoms with Crippen LogP contribution >= 0.6 is 0 Å². The number of nitrogens with one attached hydrogen (secondary N) is 1. The topological polar surface area (TPSA) is 75.6 Å². The molecule has 1 saturated carbocycles. The van der Waals surface area contributed by atoms with Gasteiger partial charge in [0, 0.05) is 13.0 Å². The van der Waals surface area contributed by atoms with E-state index in [9.17, 15) is 9.59 Å². The van der Waals surface area contributed by atoms with Gasteiger partial charge in [-0.25, -0.2) is 4.79 Å². The number of amides is 1. The summed E-state index contributed by atoms with van der Waals surface area (Å²) in [6, 6.07) is 7.28. The van der Waals surface area contributed by atoms with Crippen LogP contribution in [0.1, 0.15) is 37.7 Å². The predicted molar refractivity (Wildman–Crippen MR) is 82.9 cm³/mol. The summed E-state index contributed by atoms with van der Waals surface area (Å²) < 4.78 is 5.07. The highest BCUT2D eigenvalue weighted by Crippen LogP contribution is 2.27. The third kappa shape index (κ3) is 5.76. The first-order chi connectivity index (χ1) is 10.6. The molecule has 5 nitrogen and oxygen atoms in total. The number of carbonyl (C=O) groups excluding carboxylic acids is 1. The second-order valence-electron chi connectivity index (χ2n) is 5.78. The molecule has 1 fully saturated rings. The van der Waals surface area contributed by atoms with E-state index in [1.54, 1.807) is 12.1 Å². The van der Waals surface area contributed by atoms with Crippen molar-refractivity contribution in [2.24, 2.45) is 5.92 Å². The molecule has 2 N–H and O–H groups in total. The number of carboxylic acids is 1. The number of hydrogen-bond acceptors (Lipinski definition) is 3. The SMILES string of the molecule is O=C(O)COc1ccc(CCNC(=O)CC2CCCC2)cc1. The molecule has 2 rings (SSSR count). The first-order valence-electron chi connectivity index (χ1n) is 7.83. The Hall–Kier alpha value is -2.04. The molecular formula is C17H23NO4. The summed E-state index contributed by atoms with van der Waals surface area (Å²) in [5.41, 5.74) is 1.09. The minimum absolute atomic E-state index is 0.147. The van der Waals surface area contributed by atoms with E-state index >= 15 is 0 Å². The highest BCUT2D eigenvalue weighted by Gasteiger charge is 2.17. The molecule has 0 bridgehead atoms. The lowest BCUT2D eigenvalue weighted by molar-refractivity contribution is -0.139. The van der Waals surface area contributed by atoms with Crippen LogP contribution in [-0.2, 0) is 16.0 Å². The van der Waals surface area contributed by atoms with Gasteiger partial charge in [0.15, 0.2) is 6.61 Å². The van der Waals surface area contributed by atoms with Crippen molar-refractivity contribution in [3.05, 3.63) is 29.8 Å². The molecule has 1 aliphatic rings. The van der Waals surface area contributed by atoms with Crippen molar-refractivity contribution in [1.82, 2.24) is 5.32 Å². The first kappa shape index (κ1) is 16.3. The molecule has 1 aliphatic carbocycles. The minimum atomic E-state index is -0.992. The van der Waals surface area contributed by atoms with Crippen LogP contribution in [-0.4, -0.2) is 30.1 Å². The Morgan fingerprint density at radius 1 is 1.18 bits per heavy atom. The van der Waals surface area contributed by atoms with E-state index in [1.165, 1.54) is 25.7 Å². The predicted octanol–water partition coefficient (Wildman–Crippen LogP) is 2.39. The van der Waals surface area contributed by atoms with Crippen LogP contribution in [0.25, 0.3) is 0 Å². The van der Waals surface area contributed by atoms with Crippen LogP contribution in [0.2, 0.25) is 0 Å². The zero-order chi connectivity index (χ0) is 15.8. The second kappa shape index (κ2) is 8.41. The van der Waals surface area contributed by atoms with E-state index in [1.807, 2.05) is 12.1 Å². The van der Waals surface area contributed by atoms with Crippen molar-refractivity contribution in [2.45, 2.75) is 38.5 Å². The molecule has 1 aromatic rings. The maximum Gasteiger partial charge on any atom is 0.341 e. The molecule has 0 unspecified atom stereocenters. The summed E-state index contributed by atoms with van der Waals surface area (Å²) in [5, 5.41) is 11.5. The van der Waals surface area contributed by atoms with Gasteiger partial charge in [-0.05, 0) is 42.9 Å². The van der Waals surface area contributed by atoms with Crippen molar-refractivity contribution in [3.63, 3.8) is 0 Å². The maximum atomic E-state index is 11.8. The van der Waals surface area contributed by atoms with E-state index in [-0.39, 0.29) is 12.5 Å². The fourth-order valence-corrected chi connectivity index (χ4v) is 2.79. The van der Waals surface area contributed by atoms with Gasteiger partial charge in [-0.15, -0.1) is 0 Å². The largest absolute Gasteiger partial charge is 0.482 e. The van der Waals surface area contributed by atoms with E-state index < -0.39 is 5.97 Å². The van der Waals surface area contributed by atoms with Gasteiger partial charge >= 0.3 is 5.97 Å². The average Bonchev–Trinajstić information content (AvgIpc) is 2.99. The molecular weight excluding hydrogens is 282 g/mol. The molecule has 22 heavy (non-hydrogen) atoms. The molecule has 0 spiro atoms. The Kier molecular flexibility index (Phi) is 6.25. The van der Waals surface area contributed by atoms with Gasteiger partial charge in [0.05, 0.1) is 0 Å². The van der Waals surface area contributed by atoms with Crippen LogP contribution < -0.4 is 10.1 Å². The highest BCUT2D eigenvalue weighted by molar-refractivity contribution is 5.76. The smallest absolute Gasteiger partial charge is 0.341 e. The molecule has 0 heterocycles. The summed E-state index contributed by atoms with van der Waals surface area (Å²) >= 11 is 0. The lowest BCUT2D eigenvalue weighted by atomic mass is 10.0. The van der Waals surface area contributed by atoms with Gasteiger partial charge in [-0.2, -0.15) is 0 Å². The minimum Gasteiger partial charge on any atom is -0.482 e. The van der Waals surface area contributed by atoms with Crippen LogP contribution in [0, 0.1) is 5.92 Å². The molecule has 0 saturated heterocycles. The summed E-state index contributed by atoms with van der Waals surface area (Å²) in [7, 11) is 0. The third-order valence-corrected chi connectivity index (χ3v) is 3.97. The zero-order valence-electron chi connectivity index (χ0n) is 12.7. The summed E-state index contributed by atoms with van der Waals surface area (Å²) in [6.45, 7) is 0.289. The molecule has 0 radical (unpaired) electrons. The van der Waals surface area contributed by atoms with Crippen LogP contribution in [0.15, 0.2) is 24.3 Å². The quantitative estimate of drug-likeness (QED) is 0.773. The Labute approximate surface area is 130 Å². The lowest BCUT2D eigenvalue weighted by Gasteiger charge is -2.10. The molecule has 0 aromatic heterocycles. The molecule has 0 aliphatic heterocycles. The summed E-state index contributed by atoms with van der Waals surface area (Å²) in [4.78, 5) is 22.2. The van der Waals surface area contributed by atoms with Gasteiger partial charge in [0.25, 0.3) is 0 Å². The van der Waals surface area contributed by atoms with Gasteiger partial charge < -0.3 is 15.2 Å². The normalized spacial score (nSPS) is 14.7. The average molecular weight is 305 g/mol. The summed E-state index contributed by atoms with van der Waals surface area (Å²) in [6.07, 6.45) is 6.30. The molecule has 5 heteroatoms. The monoisotopic (exact) mass is 305 g/mol. The number of benzene rings is 1. The molecule has 0 atom stereocenters. The van der Waals surface area contributed by atoms with Gasteiger partial charge in [-0.1, -0.05) is 25.0 Å². The summed E-state index contributed by atoms with van der Waals surface area (Å²) in [5.74, 6) is 0.268. The Bertz CT molecular complexity index is 492. The number of ether oxygens (including phenoxy) is 1. The molecule has 1 aromatic carbocycles. The molecule has 120 valence electrons. The number of rotatable bonds is 8. The zero-order valence-corrected chi connectivity index (χ0v) is 12.7. The fourth-order valence-electron chi connectivity index (χ4n) is 2.79. The highest BCUT2D eigenvalue weighted by atomic mass is 16.5. The van der Waals surface area contributed by atoms with E-state index in [2.05, 4.69) is 5.32 Å². The lowest BCUT2D eigenvalue weighted by Crippen LogP contribution is -2.27. The number of carboxylic acid groups (broad SMARTS) is 1. The Morgan fingerprint density at radius 2 is 1.86 bits per heavy atom. The third-order valence-electron chi connectivity index (χ3n) is 3.97. The number of carbonyl (C=O) groups is 2. The molecule has 1 amide bonds.